The SMILES string of the molecule is O=C(O)c1ccc2c(c1)CN(Cc1nc3c(s1)CCC3)C2. The number of thiazole rings is 1. The van der Waals surface area contributed by atoms with Crippen molar-refractivity contribution < 1.29 is 9.90 Å². The first kappa shape index (κ1) is 13.0. The van der Waals surface area contributed by atoms with Crippen LogP contribution in [0.3, 0.4) is 0 Å². The average Bonchev–Trinajstić information content (AvgIpc) is 3.10. The van der Waals surface area contributed by atoms with Crippen molar-refractivity contribution in [2.45, 2.75) is 38.9 Å². The smallest absolute Gasteiger partial charge is 0.335 e. The number of carboxylic acid groups (broad SMARTS) is 1. The van der Waals surface area contributed by atoms with Crippen LogP contribution in [0.5, 0.6) is 0 Å². The monoisotopic (exact) mass is 300 g/mol. The van der Waals surface area contributed by atoms with Crippen LogP contribution in [-0.2, 0) is 32.5 Å². The summed E-state index contributed by atoms with van der Waals surface area (Å²) in [7, 11) is 0. The number of hydrogen-bond acceptors (Lipinski definition) is 4. The fourth-order valence-electron chi connectivity index (χ4n) is 3.21. The van der Waals surface area contributed by atoms with Crippen molar-refractivity contribution in [2.75, 3.05) is 0 Å². The van der Waals surface area contributed by atoms with Gasteiger partial charge in [0, 0.05) is 18.0 Å². The molecule has 4 rings (SSSR count). The number of aryl methyl sites for hydroxylation is 2. The van der Waals surface area contributed by atoms with Gasteiger partial charge >= 0.3 is 5.97 Å². The summed E-state index contributed by atoms with van der Waals surface area (Å²) in [4.78, 5) is 19.6. The molecule has 0 spiro atoms. The number of carbonyl (C=O) groups is 1. The maximum absolute atomic E-state index is 11.0. The molecule has 1 N–H and O–H groups in total. The van der Waals surface area contributed by atoms with E-state index >= 15 is 0 Å². The summed E-state index contributed by atoms with van der Waals surface area (Å²) in [6.45, 7) is 2.58. The van der Waals surface area contributed by atoms with Gasteiger partial charge in [0.1, 0.15) is 5.01 Å². The molecule has 21 heavy (non-hydrogen) atoms. The molecule has 0 bridgehead atoms. The van der Waals surface area contributed by atoms with Crippen LogP contribution < -0.4 is 0 Å². The van der Waals surface area contributed by atoms with Gasteiger partial charge < -0.3 is 5.11 Å². The highest BCUT2D eigenvalue weighted by Crippen LogP contribution is 2.30. The Bertz CT molecular complexity index is 702. The molecule has 2 heterocycles. The quantitative estimate of drug-likeness (QED) is 0.947. The molecule has 5 heteroatoms. The Morgan fingerprint density at radius 3 is 2.95 bits per heavy atom. The molecule has 1 aliphatic heterocycles. The van der Waals surface area contributed by atoms with Gasteiger partial charge in [-0.1, -0.05) is 6.07 Å². The van der Waals surface area contributed by atoms with Crippen molar-refractivity contribution in [2.24, 2.45) is 0 Å². The number of rotatable bonds is 3. The number of aromatic carboxylic acids is 1. The zero-order valence-corrected chi connectivity index (χ0v) is 12.4. The minimum Gasteiger partial charge on any atom is -0.478 e. The lowest BCUT2D eigenvalue weighted by Gasteiger charge is -2.12. The molecule has 1 aliphatic carbocycles. The van der Waals surface area contributed by atoms with Gasteiger partial charge in [-0.2, -0.15) is 0 Å². The third kappa shape index (κ3) is 2.36. The number of nitrogens with zero attached hydrogens (tertiary/aromatic N) is 2. The highest BCUT2D eigenvalue weighted by atomic mass is 32.1. The summed E-state index contributed by atoms with van der Waals surface area (Å²) in [6.07, 6.45) is 3.57. The summed E-state index contributed by atoms with van der Waals surface area (Å²) in [5.74, 6) is -0.854. The Labute approximate surface area is 127 Å². The van der Waals surface area contributed by atoms with Gasteiger partial charge in [0.05, 0.1) is 17.8 Å². The number of benzene rings is 1. The summed E-state index contributed by atoms with van der Waals surface area (Å²) in [6, 6.07) is 5.45. The van der Waals surface area contributed by atoms with Crippen LogP contribution in [0.1, 0.15) is 43.5 Å². The predicted octanol–water partition coefficient (Wildman–Crippen LogP) is 2.85. The molecule has 1 aromatic heterocycles. The van der Waals surface area contributed by atoms with E-state index < -0.39 is 5.97 Å². The van der Waals surface area contributed by atoms with Crippen molar-refractivity contribution in [3.05, 3.63) is 50.5 Å². The zero-order chi connectivity index (χ0) is 14.4. The maximum atomic E-state index is 11.0. The molecule has 108 valence electrons. The van der Waals surface area contributed by atoms with E-state index in [0.29, 0.717) is 5.56 Å². The highest BCUT2D eigenvalue weighted by molar-refractivity contribution is 7.11. The van der Waals surface area contributed by atoms with E-state index in [1.807, 2.05) is 17.4 Å². The summed E-state index contributed by atoms with van der Waals surface area (Å²) in [5.41, 5.74) is 4.06. The number of carboxylic acids is 1. The van der Waals surface area contributed by atoms with Gasteiger partial charge in [0.25, 0.3) is 0 Å². The summed E-state index contributed by atoms with van der Waals surface area (Å²) in [5, 5.41) is 10.3. The van der Waals surface area contributed by atoms with Gasteiger partial charge in [-0.05, 0) is 42.5 Å². The summed E-state index contributed by atoms with van der Waals surface area (Å²) >= 11 is 1.85. The molecule has 0 atom stereocenters. The Kier molecular flexibility index (Phi) is 3.05. The van der Waals surface area contributed by atoms with E-state index in [9.17, 15) is 4.79 Å². The third-order valence-electron chi connectivity index (χ3n) is 4.24. The summed E-state index contributed by atoms with van der Waals surface area (Å²) < 4.78 is 0. The van der Waals surface area contributed by atoms with Crippen LogP contribution in [0.15, 0.2) is 18.2 Å². The number of hydrogen-bond donors (Lipinski definition) is 1. The van der Waals surface area contributed by atoms with Crippen molar-refractivity contribution in [1.82, 2.24) is 9.88 Å². The van der Waals surface area contributed by atoms with Crippen LogP contribution in [0.25, 0.3) is 0 Å². The van der Waals surface area contributed by atoms with E-state index in [-0.39, 0.29) is 0 Å². The Morgan fingerprint density at radius 2 is 2.14 bits per heavy atom. The fraction of sp³-hybridized carbons (Fsp3) is 0.375. The maximum Gasteiger partial charge on any atom is 0.335 e. The van der Waals surface area contributed by atoms with Crippen molar-refractivity contribution in [1.29, 1.82) is 0 Å². The van der Waals surface area contributed by atoms with E-state index in [4.69, 9.17) is 10.1 Å². The lowest BCUT2D eigenvalue weighted by atomic mass is 10.1. The third-order valence-corrected chi connectivity index (χ3v) is 5.38. The fourth-order valence-corrected chi connectivity index (χ4v) is 4.41. The Morgan fingerprint density at radius 1 is 1.29 bits per heavy atom. The first-order valence-electron chi connectivity index (χ1n) is 7.24. The van der Waals surface area contributed by atoms with Gasteiger partial charge in [-0.3, -0.25) is 4.90 Å². The van der Waals surface area contributed by atoms with Gasteiger partial charge in [-0.25, -0.2) is 9.78 Å². The lowest BCUT2D eigenvalue weighted by molar-refractivity contribution is 0.0696. The minimum absolute atomic E-state index is 0.379. The standard InChI is InChI=1S/C16H16N2O2S/c19-16(20)10-4-5-11-7-18(8-12(11)6-10)9-15-17-13-2-1-3-14(13)21-15/h4-6H,1-3,7-9H2,(H,19,20). The van der Waals surface area contributed by atoms with Crippen molar-refractivity contribution in [3.63, 3.8) is 0 Å². The predicted molar refractivity (Wildman–Crippen MR) is 80.5 cm³/mol. The molecule has 4 nitrogen and oxygen atoms in total. The molecular weight excluding hydrogens is 284 g/mol. The van der Waals surface area contributed by atoms with Crippen LogP contribution in [-0.4, -0.2) is 21.0 Å². The molecule has 2 aliphatic rings. The highest BCUT2D eigenvalue weighted by Gasteiger charge is 2.23. The lowest BCUT2D eigenvalue weighted by Crippen LogP contribution is -2.15. The van der Waals surface area contributed by atoms with E-state index in [2.05, 4.69) is 4.90 Å². The molecule has 0 unspecified atom stereocenters. The molecule has 0 radical (unpaired) electrons. The normalized spacial score (nSPS) is 17.0. The second-order valence-electron chi connectivity index (χ2n) is 5.76. The largest absolute Gasteiger partial charge is 0.478 e. The van der Waals surface area contributed by atoms with Crippen LogP contribution in [0.4, 0.5) is 0 Å². The molecule has 0 fully saturated rings. The molecule has 0 saturated heterocycles. The molecular formula is C16H16N2O2S. The van der Waals surface area contributed by atoms with E-state index in [1.165, 1.54) is 34.0 Å². The van der Waals surface area contributed by atoms with Crippen LogP contribution >= 0.6 is 11.3 Å². The second kappa shape index (κ2) is 4.93. The molecule has 0 saturated carbocycles. The van der Waals surface area contributed by atoms with Crippen LogP contribution in [0.2, 0.25) is 0 Å². The zero-order valence-electron chi connectivity index (χ0n) is 11.6. The Balaban J connectivity index is 1.49. The van der Waals surface area contributed by atoms with E-state index in [1.54, 1.807) is 12.1 Å². The van der Waals surface area contributed by atoms with Gasteiger partial charge in [0.2, 0.25) is 0 Å². The topological polar surface area (TPSA) is 53.4 Å². The molecule has 0 amide bonds. The first-order chi connectivity index (χ1) is 10.2. The number of fused-ring (bicyclic) bond motifs is 2. The average molecular weight is 300 g/mol. The van der Waals surface area contributed by atoms with Gasteiger partial charge in [-0.15, -0.1) is 11.3 Å². The minimum atomic E-state index is -0.854. The Hall–Kier alpha value is -1.72. The van der Waals surface area contributed by atoms with Crippen molar-refractivity contribution in [3.8, 4) is 0 Å². The second-order valence-corrected chi connectivity index (χ2v) is 6.93. The molecule has 2 aromatic rings. The molecule has 1 aromatic carbocycles. The van der Waals surface area contributed by atoms with Crippen LogP contribution in [0, 0.1) is 0 Å². The van der Waals surface area contributed by atoms with E-state index in [0.717, 1.165) is 31.6 Å². The number of aromatic nitrogens is 1. The van der Waals surface area contributed by atoms with Crippen molar-refractivity contribution >= 4 is 17.3 Å². The van der Waals surface area contributed by atoms with Gasteiger partial charge in [0.15, 0.2) is 0 Å². The first-order valence-corrected chi connectivity index (χ1v) is 8.05.